The highest BCUT2D eigenvalue weighted by Gasteiger charge is 2.40. The van der Waals surface area contributed by atoms with E-state index in [9.17, 15) is 8.78 Å². The lowest BCUT2D eigenvalue weighted by molar-refractivity contribution is 0.00780. The van der Waals surface area contributed by atoms with Crippen molar-refractivity contribution in [2.75, 3.05) is 0 Å². The Hall–Kier alpha value is -1.38. The molecule has 1 heterocycles. The van der Waals surface area contributed by atoms with Gasteiger partial charge >= 0.3 is 0 Å². The van der Waals surface area contributed by atoms with Crippen LogP contribution in [0.2, 0.25) is 0 Å². The monoisotopic (exact) mass is 249 g/mol. The van der Waals surface area contributed by atoms with Crippen LogP contribution in [0.25, 0.3) is 10.9 Å². The molecule has 1 fully saturated rings. The van der Waals surface area contributed by atoms with E-state index in [4.69, 9.17) is 0 Å². The molecule has 96 valence electrons. The van der Waals surface area contributed by atoms with Crippen molar-refractivity contribution in [2.45, 2.75) is 38.0 Å². The minimum atomic E-state index is -2.47. The summed E-state index contributed by atoms with van der Waals surface area (Å²) in [6, 6.07) is 6.24. The summed E-state index contributed by atoms with van der Waals surface area (Å²) in [5.41, 5.74) is 3.43. The third-order valence-corrected chi connectivity index (χ3v) is 4.02. The van der Waals surface area contributed by atoms with Gasteiger partial charge in [-0.3, -0.25) is 0 Å². The Balaban J connectivity index is 2.08. The molecule has 1 unspecified atom stereocenters. The van der Waals surface area contributed by atoms with Crippen LogP contribution in [0, 0.1) is 6.92 Å². The first-order chi connectivity index (χ1) is 8.46. The minimum Gasteiger partial charge on any atom is -0.350 e. The lowest BCUT2D eigenvalue weighted by Gasteiger charge is -2.09. The average molecular weight is 249 g/mol. The number of hydrogen-bond donors (Lipinski definition) is 0. The van der Waals surface area contributed by atoms with Crippen LogP contribution in [0.5, 0.6) is 0 Å². The number of aromatic nitrogens is 1. The number of alkyl halides is 2. The topological polar surface area (TPSA) is 4.93 Å². The van der Waals surface area contributed by atoms with E-state index >= 15 is 0 Å². The lowest BCUT2D eigenvalue weighted by Crippen LogP contribution is -2.08. The molecule has 3 rings (SSSR count). The van der Waals surface area contributed by atoms with Gasteiger partial charge in [-0.2, -0.15) is 0 Å². The van der Waals surface area contributed by atoms with Gasteiger partial charge in [-0.15, -0.1) is 0 Å². The molecule has 0 spiro atoms. The Morgan fingerprint density at radius 2 is 2.11 bits per heavy atom. The van der Waals surface area contributed by atoms with E-state index in [0.29, 0.717) is 6.42 Å². The Morgan fingerprint density at radius 1 is 1.33 bits per heavy atom. The number of rotatable bonds is 1. The Morgan fingerprint density at radius 3 is 2.78 bits per heavy atom. The lowest BCUT2D eigenvalue weighted by atomic mass is 9.96. The van der Waals surface area contributed by atoms with Gasteiger partial charge in [-0.1, -0.05) is 12.1 Å². The van der Waals surface area contributed by atoms with Crippen LogP contribution >= 0.6 is 0 Å². The summed E-state index contributed by atoms with van der Waals surface area (Å²) in [5, 5.41) is 1.13. The van der Waals surface area contributed by atoms with Crippen molar-refractivity contribution < 1.29 is 8.78 Å². The maximum Gasteiger partial charge on any atom is 0.248 e. The Kier molecular flexibility index (Phi) is 2.47. The standard InChI is InChI=1S/C15H17F2N/c1-10-3-4-12-13(9-18(2)14(12)7-10)11-5-6-15(16,17)8-11/h3-4,7,9,11H,5-6,8H2,1-2H3. The Labute approximate surface area is 105 Å². The quantitative estimate of drug-likeness (QED) is 0.706. The zero-order chi connectivity index (χ0) is 12.9. The van der Waals surface area contributed by atoms with E-state index in [1.807, 2.05) is 17.8 Å². The van der Waals surface area contributed by atoms with Gasteiger partial charge in [0.2, 0.25) is 5.92 Å². The van der Waals surface area contributed by atoms with Gasteiger partial charge in [0.1, 0.15) is 0 Å². The molecule has 3 heteroatoms. The normalized spacial score (nSPS) is 22.8. The third kappa shape index (κ3) is 1.82. The first-order valence-corrected chi connectivity index (χ1v) is 6.40. The van der Waals surface area contributed by atoms with Crippen LogP contribution in [-0.2, 0) is 7.05 Å². The molecule has 0 bridgehead atoms. The van der Waals surface area contributed by atoms with E-state index < -0.39 is 5.92 Å². The highest BCUT2D eigenvalue weighted by Crippen LogP contribution is 2.46. The van der Waals surface area contributed by atoms with Crippen molar-refractivity contribution in [1.82, 2.24) is 4.57 Å². The van der Waals surface area contributed by atoms with Gasteiger partial charge < -0.3 is 4.57 Å². The zero-order valence-electron chi connectivity index (χ0n) is 10.7. The van der Waals surface area contributed by atoms with Gasteiger partial charge in [-0.05, 0) is 36.5 Å². The van der Waals surface area contributed by atoms with Crippen molar-refractivity contribution in [3.05, 3.63) is 35.5 Å². The van der Waals surface area contributed by atoms with Crippen LogP contribution < -0.4 is 0 Å². The number of hydrogen-bond acceptors (Lipinski definition) is 0. The van der Waals surface area contributed by atoms with Crippen LogP contribution in [0.4, 0.5) is 8.78 Å². The van der Waals surface area contributed by atoms with E-state index in [2.05, 4.69) is 25.1 Å². The van der Waals surface area contributed by atoms with Crippen molar-refractivity contribution in [3.63, 3.8) is 0 Å². The summed E-state index contributed by atoms with van der Waals surface area (Å²) in [7, 11) is 1.98. The number of nitrogens with zero attached hydrogens (tertiary/aromatic N) is 1. The number of aryl methyl sites for hydroxylation is 2. The van der Waals surface area contributed by atoms with Crippen molar-refractivity contribution in [2.24, 2.45) is 7.05 Å². The van der Waals surface area contributed by atoms with Gasteiger partial charge in [-0.25, -0.2) is 8.78 Å². The molecule has 1 aliphatic carbocycles. The van der Waals surface area contributed by atoms with E-state index in [0.717, 1.165) is 16.5 Å². The molecule has 0 aliphatic heterocycles. The summed E-state index contributed by atoms with van der Waals surface area (Å²) in [4.78, 5) is 0. The molecule has 1 aromatic carbocycles. The van der Waals surface area contributed by atoms with Crippen LogP contribution in [-0.4, -0.2) is 10.5 Å². The fraction of sp³-hybridized carbons (Fsp3) is 0.467. The average Bonchev–Trinajstić information content (AvgIpc) is 2.80. The SMILES string of the molecule is Cc1ccc2c(C3CCC(F)(F)C3)cn(C)c2c1. The second-order valence-electron chi connectivity index (χ2n) is 5.51. The van der Waals surface area contributed by atoms with Crippen LogP contribution in [0.3, 0.4) is 0 Å². The summed E-state index contributed by atoms with van der Waals surface area (Å²) in [5.74, 6) is -2.47. The van der Waals surface area contributed by atoms with Crippen LogP contribution in [0.15, 0.2) is 24.4 Å². The number of benzene rings is 1. The molecule has 0 amide bonds. The van der Waals surface area contributed by atoms with Crippen LogP contribution in [0.1, 0.15) is 36.3 Å². The maximum absolute atomic E-state index is 13.3. The second-order valence-corrected chi connectivity index (χ2v) is 5.51. The molecule has 1 aromatic heterocycles. The van der Waals surface area contributed by atoms with Gasteiger partial charge in [0, 0.05) is 37.0 Å². The van der Waals surface area contributed by atoms with Gasteiger partial charge in [0.25, 0.3) is 0 Å². The molecule has 2 aromatic rings. The second kappa shape index (κ2) is 3.81. The van der Waals surface area contributed by atoms with Crippen molar-refractivity contribution in [1.29, 1.82) is 0 Å². The molecule has 1 aliphatic rings. The molecule has 1 nitrogen and oxygen atoms in total. The van der Waals surface area contributed by atoms with E-state index in [-0.39, 0.29) is 18.8 Å². The summed E-state index contributed by atoms with van der Waals surface area (Å²) in [6.45, 7) is 2.05. The first-order valence-electron chi connectivity index (χ1n) is 6.40. The zero-order valence-corrected chi connectivity index (χ0v) is 10.7. The molecule has 18 heavy (non-hydrogen) atoms. The Bertz CT molecular complexity index is 598. The molecule has 0 saturated heterocycles. The molecule has 0 N–H and O–H groups in total. The number of fused-ring (bicyclic) bond motifs is 1. The number of halogens is 2. The van der Waals surface area contributed by atoms with E-state index in [1.54, 1.807) is 0 Å². The third-order valence-electron chi connectivity index (χ3n) is 4.02. The smallest absolute Gasteiger partial charge is 0.248 e. The molecular weight excluding hydrogens is 232 g/mol. The minimum absolute atomic E-state index is 0.0000102. The highest BCUT2D eigenvalue weighted by molar-refractivity contribution is 5.85. The highest BCUT2D eigenvalue weighted by atomic mass is 19.3. The van der Waals surface area contributed by atoms with Gasteiger partial charge in [0.05, 0.1) is 0 Å². The van der Waals surface area contributed by atoms with E-state index in [1.165, 1.54) is 5.56 Å². The molecule has 1 atom stereocenters. The fourth-order valence-corrected chi connectivity index (χ4v) is 3.07. The largest absolute Gasteiger partial charge is 0.350 e. The van der Waals surface area contributed by atoms with Crippen molar-refractivity contribution in [3.8, 4) is 0 Å². The summed E-state index contributed by atoms with van der Waals surface area (Å²) < 4.78 is 28.7. The summed E-state index contributed by atoms with van der Waals surface area (Å²) >= 11 is 0. The summed E-state index contributed by atoms with van der Waals surface area (Å²) in [6.07, 6.45) is 2.65. The first kappa shape index (κ1) is 11.7. The fourth-order valence-electron chi connectivity index (χ4n) is 3.07. The van der Waals surface area contributed by atoms with Gasteiger partial charge in [0.15, 0.2) is 0 Å². The van der Waals surface area contributed by atoms with Crippen molar-refractivity contribution >= 4 is 10.9 Å². The predicted octanol–water partition coefficient (Wildman–Crippen LogP) is 4.39. The predicted molar refractivity (Wildman–Crippen MR) is 69.2 cm³/mol. The molecule has 0 radical (unpaired) electrons. The maximum atomic E-state index is 13.3. The molecular formula is C15H17F2N. The molecule has 1 saturated carbocycles.